The number of aliphatic hydroxyl groups excluding tert-OH is 1. The van der Waals surface area contributed by atoms with E-state index in [1.165, 1.54) is 31.2 Å². The van der Waals surface area contributed by atoms with Gasteiger partial charge >= 0.3 is 0 Å². The molecule has 0 aromatic heterocycles. The minimum absolute atomic E-state index is 0.349. The van der Waals surface area contributed by atoms with Crippen LogP contribution in [0.15, 0.2) is 24.3 Å². The van der Waals surface area contributed by atoms with Crippen molar-refractivity contribution in [2.45, 2.75) is 70.5 Å². The van der Waals surface area contributed by atoms with Crippen molar-refractivity contribution in [1.82, 2.24) is 0 Å². The third-order valence-electron chi connectivity index (χ3n) is 4.28. The standard InChI is InChI=1S/C18H28O2/c1-14(2)15-9-11-16(12-10-15)18(19)13-20-17-7-5-3-4-6-8-17/h9-12,14,17-19H,3-8,13H2,1-2H3. The van der Waals surface area contributed by atoms with Crippen LogP contribution in [0, 0.1) is 0 Å². The number of benzene rings is 1. The van der Waals surface area contributed by atoms with Crippen LogP contribution < -0.4 is 0 Å². The molecule has 2 heteroatoms. The van der Waals surface area contributed by atoms with Crippen LogP contribution in [0.4, 0.5) is 0 Å². The normalized spacial score (nSPS) is 19.0. The van der Waals surface area contributed by atoms with E-state index in [9.17, 15) is 5.11 Å². The number of aliphatic hydroxyl groups is 1. The molecule has 20 heavy (non-hydrogen) atoms. The minimum Gasteiger partial charge on any atom is -0.386 e. The van der Waals surface area contributed by atoms with E-state index in [0.29, 0.717) is 18.6 Å². The second-order valence-corrected chi connectivity index (χ2v) is 6.28. The zero-order valence-corrected chi connectivity index (χ0v) is 12.8. The van der Waals surface area contributed by atoms with Gasteiger partial charge in [0.2, 0.25) is 0 Å². The van der Waals surface area contributed by atoms with E-state index < -0.39 is 6.10 Å². The zero-order chi connectivity index (χ0) is 14.4. The molecule has 0 aliphatic heterocycles. The summed E-state index contributed by atoms with van der Waals surface area (Å²) < 4.78 is 5.91. The average molecular weight is 276 g/mol. The van der Waals surface area contributed by atoms with Crippen LogP contribution in [-0.4, -0.2) is 17.8 Å². The molecule has 2 nitrogen and oxygen atoms in total. The maximum absolute atomic E-state index is 10.2. The van der Waals surface area contributed by atoms with Crippen LogP contribution in [-0.2, 0) is 4.74 Å². The monoisotopic (exact) mass is 276 g/mol. The van der Waals surface area contributed by atoms with Gasteiger partial charge in [-0.05, 0) is 29.9 Å². The second-order valence-electron chi connectivity index (χ2n) is 6.28. The maximum atomic E-state index is 10.2. The fraction of sp³-hybridized carbons (Fsp3) is 0.667. The van der Waals surface area contributed by atoms with Crippen LogP contribution in [0.3, 0.4) is 0 Å². The molecule has 1 aromatic rings. The van der Waals surface area contributed by atoms with Gasteiger partial charge in [0.05, 0.1) is 12.7 Å². The summed E-state index contributed by atoms with van der Waals surface area (Å²) in [5.74, 6) is 0.531. The van der Waals surface area contributed by atoms with Gasteiger partial charge in [0.1, 0.15) is 6.10 Å². The lowest BCUT2D eigenvalue weighted by molar-refractivity contribution is -0.0159. The van der Waals surface area contributed by atoms with Gasteiger partial charge in [-0.15, -0.1) is 0 Å². The molecule has 1 unspecified atom stereocenters. The molecule has 2 rings (SSSR count). The van der Waals surface area contributed by atoms with Gasteiger partial charge in [0, 0.05) is 0 Å². The average Bonchev–Trinajstić information content (AvgIpc) is 2.73. The van der Waals surface area contributed by atoms with Crippen molar-refractivity contribution in [3.63, 3.8) is 0 Å². The number of hydrogen-bond donors (Lipinski definition) is 1. The van der Waals surface area contributed by atoms with E-state index in [1.807, 2.05) is 12.1 Å². The van der Waals surface area contributed by atoms with Gasteiger partial charge in [0.15, 0.2) is 0 Å². The molecule has 1 N–H and O–H groups in total. The van der Waals surface area contributed by atoms with E-state index in [2.05, 4.69) is 26.0 Å². The van der Waals surface area contributed by atoms with Gasteiger partial charge in [-0.2, -0.15) is 0 Å². The summed E-state index contributed by atoms with van der Waals surface area (Å²) in [7, 11) is 0. The van der Waals surface area contributed by atoms with Gasteiger partial charge < -0.3 is 9.84 Å². The Kier molecular flexibility index (Phi) is 6.06. The lowest BCUT2D eigenvalue weighted by atomic mass is 10.0. The summed E-state index contributed by atoms with van der Waals surface area (Å²) in [6.07, 6.45) is 7.35. The molecule has 1 aliphatic carbocycles. The first-order valence-electron chi connectivity index (χ1n) is 8.06. The largest absolute Gasteiger partial charge is 0.386 e. The van der Waals surface area contributed by atoms with Crippen LogP contribution in [0.2, 0.25) is 0 Å². The van der Waals surface area contributed by atoms with Crippen molar-refractivity contribution in [2.75, 3.05) is 6.61 Å². The van der Waals surface area contributed by atoms with E-state index >= 15 is 0 Å². The minimum atomic E-state index is -0.500. The summed E-state index contributed by atoms with van der Waals surface area (Å²) in [5.41, 5.74) is 2.27. The molecular formula is C18H28O2. The lowest BCUT2D eigenvalue weighted by Crippen LogP contribution is -2.17. The highest BCUT2D eigenvalue weighted by atomic mass is 16.5. The van der Waals surface area contributed by atoms with Crippen molar-refractivity contribution in [3.05, 3.63) is 35.4 Å². The first kappa shape index (κ1) is 15.5. The highest BCUT2D eigenvalue weighted by Crippen LogP contribution is 2.23. The summed E-state index contributed by atoms with van der Waals surface area (Å²) in [5, 5.41) is 10.2. The van der Waals surface area contributed by atoms with Gasteiger partial charge in [-0.1, -0.05) is 63.8 Å². The fourth-order valence-electron chi connectivity index (χ4n) is 2.84. The SMILES string of the molecule is CC(C)c1ccc(C(O)COC2CCCCCC2)cc1. The molecule has 1 aromatic carbocycles. The molecule has 0 radical (unpaired) electrons. The van der Waals surface area contributed by atoms with Crippen molar-refractivity contribution in [2.24, 2.45) is 0 Å². The zero-order valence-electron chi connectivity index (χ0n) is 12.8. The van der Waals surface area contributed by atoms with Gasteiger partial charge in [-0.3, -0.25) is 0 Å². The van der Waals surface area contributed by atoms with E-state index in [4.69, 9.17) is 4.74 Å². The third-order valence-corrected chi connectivity index (χ3v) is 4.28. The predicted molar refractivity (Wildman–Crippen MR) is 82.9 cm³/mol. The molecule has 1 aliphatic rings. The van der Waals surface area contributed by atoms with Gasteiger partial charge in [-0.25, -0.2) is 0 Å². The Balaban J connectivity index is 1.82. The van der Waals surface area contributed by atoms with Crippen molar-refractivity contribution < 1.29 is 9.84 Å². The van der Waals surface area contributed by atoms with Gasteiger partial charge in [0.25, 0.3) is 0 Å². The summed E-state index contributed by atoms with van der Waals surface area (Å²) in [6, 6.07) is 8.26. The van der Waals surface area contributed by atoms with E-state index in [1.54, 1.807) is 0 Å². The fourth-order valence-corrected chi connectivity index (χ4v) is 2.84. The maximum Gasteiger partial charge on any atom is 0.102 e. The van der Waals surface area contributed by atoms with Crippen LogP contribution in [0.5, 0.6) is 0 Å². The molecule has 0 heterocycles. The second kappa shape index (κ2) is 7.80. The summed E-state index contributed by atoms with van der Waals surface area (Å²) in [4.78, 5) is 0. The Morgan fingerprint density at radius 1 is 1.00 bits per heavy atom. The van der Waals surface area contributed by atoms with Crippen LogP contribution in [0.25, 0.3) is 0 Å². The highest BCUT2D eigenvalue weighted by molar-refractivity contribution is 5.26. The predicted octanol–water partition coefficient (Wildman–Crippen LogP) is 4.58. The number of ether oxygens (including phenoxy) is 1. The molecule has 1 saturated carbocycles. The summed E-state index contributed by atoms with van der Waals surface area (Å²) >= 11 is 0. The molecule has 1 atom stereocenters. The van der Waals surface area contributed by atoms with E-state index in [0.717, 1.165) is 18.4 Å². The Morgan fingerprint density at radius 3 is 2.10 bits per heavy atom. The van der Waals surface area contributed by atoms with Crippen LogP contribution >= 0.6 is 0 Å². The van der Waals surface area contributed by atoms with Crippen LogP contribution in [0.1, 0.15) is 75.5 Å². The third kappa shape index (κ3) is 4.60. The molecular weight excluding hydrogens is 248 g/mol. The number of hydrogen-bond acceptors (Lipinski definition) is 2. The van der Waals surface area contributed by atoms with Crippen molar-refractivity contribution in [1.29, 1.82) is 0 Å². The smallest absolute Gasteiger partial charge is 0.102 e. The quantitative estimate of drug-likeness (QED) is 0.797. The molecule has 112 valence electrons. The molecule has 0 bridgehead atoms. The highest BCUT2D eigenvalue weighted by Gasteiger charge is 2.15. The molecule has 1 fully saturated rings. The topological polar surface area (TPSA) is 29.5 Å². The molecule has 0 amide bonds. The Labute approximate surface area is 123 Å². The molecule has 0 spiro atoms. The number of rotatable bonds is 5. The first-order chi connectivity index (χ1) is 9.66. The summed E-state index contributed by atoms with van der Waals surface area (Å²) in [6.45, 7) is 4.78. The van der Waals surface area contributed by atoms with Crippen molar-refractivity contribution in [3.8, 4) is 0 Å². The Morgan fingerprint density at radius 2 is 1.55 bits per heavy atom. The lowest BCUT2D eigenvalue weighted by Gasteiger charge is -2.19. The van der Waals surface area contributed by atoms with Crippen molar-refractivity contribution >= 4 is 0 Å². The Hall–Kier alpha value is -0.860. The molecule has 0 saturated heterocycles. The first-order valence-corrected chi connectivity index (χ1v) is 8.06. The Bertz CT molecular complexity index is 375. The van der Waals surface area contributed by atoms with E-state index in [-0.39, 0.29) is 0 Å².